The van der Waals surface area contributed by atoms with Gasteiger partial charge in [-0.25, -0.2) is 9.97 Å². The van der Waals surface area contributed by atoms with E-state index < -0.39 is 0 Å². The summed E-state index contributed by atoms with van der Waals surface area (Å²) < 4.78 is 5.52. The van der Waals surface area contributed by atoms with Crippen molar-refractivity contribution in [3.8, 4) is 0 Å². The molecule has 1 unspecified atom stereocenters. The standard InChI is InChI=1S/C20H30N4O2/c1-15(21-12-17-8-9-18(14-25)26-17)19-13-22-20(23-16(19)2)24-10-6-4-3-5-7-11-24/h8-9,13,15,21,25H,3-7,10-12,14H2,1-2H3. The van der Waals surface area contributed by atoms with E-state index in [1.54, 1.807) is 6.07 Å². The third-order valence-corrected chi connectivity index (χ3v) is 5.07. The minimum Gasteiger partial charge on any atom is -0.462 e. The van der Waals surface area contributed by atoms with Crippen LogP contribution in [0.3, 0.4) is 0 Å². The summed E-state index contributed by atoms with van der Waals surface area (Å²) in [6, 6.07) is 3.81. The molecule has 0 bridgehead atoms. The van der Waals surface area contributed by atoms with Gasteiger partial charge in [0.2, 0.25) is 5.95 Å². The van der Waals surface area contributed by atoms with E-state index in [2.05, 4.69) is 29.0 Å². The number of aromatic nitrogens is 2. The van der Waals surface area contributed by atoms with Crippen molar-refractivity contribution >= 4 is 5.95 Å². The quantitative estimate of drug-likeness (QED) is 0.823. The van der Waals surface area contributed by atoms with E-state index in [0.717, 1.165) is 36.1 Å². The number of aliphatic hydroxyl groups excluding tert-OH is 1. The summed E-state index contributed by atoms with van der Waals surface area (Å²) in [5.74, 6) is 2.27. The maximum absolute atomic E-state index is 9.07. The number of nitrogens with one attached hydrogen (secondary N) is 1. The van der Waals surface area contributed by atoms with Crippen molar-refractivity contribution in [2.75, 3.05) is 18.0 Å². The maximum Gasteiger partial charge on any atom is 0.225 e. The van der Waals surface area contributed by atoms with Crippen molar-refractivity contribution < 1.29 is 9.52 Å². The molecule has 3 heterocycles. The molecule has 2 N–H and O–H groups in total. The Morgan fingerprint density at radius 2 is 1.85 bits per heavy atom. The molecule has 0 aliphatic carbocycles. The number of nitrogens with zero attached hydrogens (tertiary/aromatic N) is 3. The van der Waals surface area contributed by atoms with Gasteiger partial charge in [-0.15, -0.1) is 0 Å². The highest BCUT2D eigenvalue weighted by atomic mass is 16.4. The fraction of sp³-hybridized carbons (Fsp3) is 0.600. The normalized spacial score (nSPS) is 17.0. The molecule has 1 aliphatic rings. The number of rotatable bonds is 6. The Bertz CT molecular complexity index is 693. The van der Waals surface area contributed by atoms with E-state index in [1.807, 2.05) is 12.3 Å². The van der Waals surface area contributed by atoms with Crippen LogP contribution in [0.1, 0.15) is 67.8 Å². The minimum absolute atomic E-state index is 0.0690. The molecule has 2 aromatic heterocycles. The van der Waals surface area contributed by atoms with Gasteiger partial charge in [-0.1, -0.05) is 19.3 Å². The molecule has 0 aromatic carbocycles. The summed E-state index contributed by atoms with van der Waals surface area (Å²) in [7, 11) is 0. The summed E-state index contributed by atoms with van der Waals surface area (Å²) >= 11 is 0. The summed E-state index contributed by atoms with van der Waals surface area (Å²) in [4.78, 5) is 11.8. The van der Waals surface area contributed by atoms with Crippen LogP contribution < -0.4 is 10.2 Å². The molecule has 1 aliphatic heterocycles. The van der Waals surface area contributed by atoms with Gasteiger partial charge < -0.3 is 19.7 Å². The molecule has 0 radical (unpaired) electrons. The third kappa shape index (κ3) is 4.83. The number of furan rings is 1. The van der Waals surface area contributed by atoms with Gasteiger partial charge in [0.05, 0.1) is 6.54 Å². The van der Waals surface area contributed by atoms with Crippen LogP contribution in [0.2, 0.25) is 0 Å². The van der Waals surface area contributed by atoms with Crippen LogP contribution in [0.25, 0.3) is 0 Å². The van der Waals surface area contributed by atoms with Gasteiger partial charge in [-0.3, -0.25) is 0 Å². The molecule has 1 atom stereocenters. The molecule has 0 spiro atoms. The van der Waals surface area contributed by atoms with Gasteiger partial charge in [-0.2, -0.15) is 0 Å². The summed E-state index contributed by atoms with van der Waals surface area (Å²) in [5, 5.41) is 12.5. The van der Waals surface area contributed by atoms with Crippen LogP contribution in [0.4, 0.5) is 5.95 Å². The Labute approximate surface area is 155 Å². The van der Waals surface area contributed by atoms with E-state index in [4.69, 9.17) is 14.5 Å². The molecule has 3 rings (SSSR count). The van der Waals surface area contributed by atoms with Crippen molar-refractivity contribution in [1.29, 1.82) is 0 Å². The molecular formula is C20H30N4O2. The molecule has 1 saturated heterocycles. The van der Waals surface area contributed by atoms with Crippen LogP contribution in [-0.2, 0) is 13.2 Å². The zero-order chi connectivity index (χ0) is 18.4. The van der Waals surface area contributed by atoms with Gasteiger partial charge in [0.15, 0.2) is 0 Å². The summed E-state index contributed by atoms with van der Waals surface area (Å²) in [6.45, 7) is 6.81. The maximum atomic E-state index is 9.07. The number of aliphatic hydroxyl groups is 1. The minimum atomic E-state index is -0.0690. The fourth-order valence-electron chi connectivity index (χ4n) is 3.46. The van der Waals surface area contributed by atoms with Crippen LogP contribution >= 0.6 is 0 Å². The molecule has 1 fully saturated rings. The fourth-order valence-corrected chi connectivity index (χ4v) is 3.46. The molecule has 142 valence electrons. The second-order valence-corrected chi connectivity index (χ2v) is 7.09. The Morgan fingerprint density at radius 1 is 1.15 bits per heavy atom. The summed E-state index contributed by atoms with van der Waals surface area (Å²) in [5.41, 5.74) is 2.13. The first-order chi connectivity index (χ1) is 12.7. The van der Waals surface area contributed by atoms with E-state index in [1.165, 1.54) is 32.1 Å². The lowest BCUT2D eigenvalue weighted by molar-refractivity contribution is 0.242. The SMILES string of the molecule is Cc1nc(N2CCCCCCC2)ncc1C(C)NCc1ccc(CO)o1. The Hall–Kier alpha value is -1.92. The average molecular weight is 358 g/mol. The van der Waals surface area contributed by atoms with Gasteiger partial charge in [0.25, 0.3) is 0 Å². The van der Waals surface area contributed by atoms with Crippen molar-refractivity contribution in [2.45, 2.75) is 65.1 Å². The van der Waals surface area contributed by atoms with Crippen LogP contribution in [0, 0.1) is 6.92 Å². The third-order valence-electron chi connectivity index (χ3n) is 5.07. The van der Waals surface area contributed by atoms with Gasteiger partial charge in [0, 0.05) is 36.6 Å². The lowest BCUT2D eigenvalue weighted by Crippen LogP contribution is -2.29. The molecular weight excluding hydrogens is 328 g/mol. The van der Waals surface area contributed by atoms with Crippen LogP contribution in [-0.4, -0.2) is 28.2 Å². The van der Waals surface area contributed by atoms with Gasteiger partial charge >= 0.3 is 0 Å². The van der Waals surface area contributed by atoms with Crippen molar-refractivity contribution in [3.63, 3.8) is 0 Å². The van der Waals surface area contributed by atoms with Crippen LogP contribution in [0.15, 0.2) is 22.7 Å². The average Bonchev–Trinajstić information content (AvgIpc) is 3.07. The smallest absolute Gasteiger partial charge is 0.225 e. The zero-order valence-corrected chi connectivity index (χ0v) is 15.9. The van der Waals surface area contributed by atoms with E-state index >= 15 is 0 Å². The van der Waals surface area contributed by atoms with Crippen molar-refractivity contribution in [1.82, 2.24) is 15.3 Å². The Balaban J connectivity index is 1.62. The Morgan fingerprint density at radius 3 is 2.50 bits per heavy atom. The van der Waals surface area contributed by atoms with Crippen LogP contribution in [0.5, 0.6) is 0 Å². The summed E-state index contributed by atoms with van der Waals surface area (Å²) in [6.07, 6.45) is 8.36. The van der Waals surface area contributed by atoms with E-state index in [-0.39, 0.29) is 12.6 Å². The zero-order valence-electron chi connectivity index (χ0n) is 15.9. The first kappa shape index (κ1) is 18.9. The Kier molecular flexibility index (Phi) is 6.63. The highest BCUT2D eigenvalue weighted by molar-refractivity contribution is 5.34. The second-order valence-electron chi connectivity index (χ2n) is 7.09. The number of anilines is 1. The predicted octanol–water partition coefficient (Wildman–Crippen LogP) is 3.49. The molecule has 6 nitrogen and oxygen atoms in total. The van der Waals surface area contributed by atoms with Crippen molar-refractivity contribution in [2.24, 2.45) is 0 Å². The lowest BCUT2D eigenvalue weighted by Gasteiger charge is -2.25. The highest BCUT2D eigenvalue weighted by Crippen LogP contribution is 2.20. The first-order valence-corrected chi connectivity index (χ1v) is 9.67. The molecule has 0 amide bonds. The lowest BCUT2D eigenvalue weighted by atomic mass is 10.1. The van der Waals surface area contributed by atoms with Crippen molar-refractivity contribution in [3.05, 3.63) is 41.1 Å². The molecule has 2 aromatic rings. The largest absolute Gasteiger partial charge is 0.462 e. The van der Waals surface area contributed by atoms with E-state index in [0.29, 0.717) is 12.3 Å². The van der Waals surface area contributed by atoms with Gasteiger partial charge in [-0.05, 0) is 38.8 Å². The van der Waals surface area contributed by atoms with E-state index in [9.17, 15) is 0 Å². The topological polar surface area (TPSA) is 74.4 Å². The number of hydrogen-bond acceptors (Lipinski definition) is 6. The molecule has 6 heteroatoms. The molecule has 26 heavy (non-hydrogen) atoms. The van der Waals surface area contributed by atoms with Gasteiger partial charge in [0.1, 0.15) is 18.1 Å². The predicted molar refractivity (Wildman–Crippen MR) is 102 cm³/mol. The number of hydrogen-bond donors (Lipinski definition) is 2. The monoisotopic (exact) mass is 358 g/mol. The highest BCUT2D eigenvalue weighted by Gasteiger charge is 2.16. The number of aryl methyl sites for hydroxylation is 1. The molecule has 0 saturated carbocycles. The first-order valence-electron chi connectivity index (χ1n) is 9.67. The second kappa shape index (κ2) is 9.14.